The monoisotopic (exact) mass is 216 g/mol. The number of rotatable bonds is 1. The van der Waals surface area contributed by atoms with Gasteiger partial charge in [-0.2, -0.15) is 0 Å². The molecule has 0 unspecified atom stereocenters. The summed E-state index contributed by atoms with van der Waals surface area (Å²) in [6.07, 6.45) is 3.63. The molecule has 2 fully saturated rings. The van der Waals surface area contributed by atoms with Gasteiger partial charge in [0, 0.05) is 13.1 Å². The maximum Gasteiger partial charge on any atom is 0.253 e. The van der Waals surface area contributed by atoms with Crippen LogP contribution in [0.1, 0.15) is 19.3 Å². The number of carbonyl (C=O) groups is 1. The van der Waals surface area contributed by atoms with Crippen LogP contribution < -0.4 is 0 Å². The summed E-state index contributed by atoms with van der Waals surface area (Å²) in [5, 5.41) is 3.79. The van der Waals surface area contributed by atoms with Gasteiger partial charge in [-0.15, -0.1) is 0 Å². The zero-order valence-electron chi connectivity index (χ0n) is 7.36. The van der Waals surface area contributed by atoms with Crippen molar-refractivity contribution < 1.29 is 4.79 Å². The first-order valence-corrected chi connectivity index (χ1v) is 5.93. The highest BCUT2D eigenvalue weighted by Gasteiger charge is 2.32. The molecule has 3 nitrogen and oxygen atoms in total. The fourth-order valence-electron chi connectivity index (χ4n) is 1.70. The molecular weight excluding hydrogens is 204 g/mol. The summed E-state index contributed by atoms with van der Waals surface area (Å²) < 4.78 is 0.729. The van der Waals surface area contributed by atoms with Crippen LogP contribution >= 0.6 is 24.0 Å². The Hall–Kier alpha value is -0.130. The Balaban J connectivity index is 2.05. The number of piperidine rings is 1. The van der Waals surface area contributed by atoms with Crippen LogP contribution in [0.5, 0.6) is 0 Å². The summed E-state index contributed by atoms with van der Waals surface area (Å²) in [4.78, 5) is 11.5. The minimum atomic E-state index is 0.150. The molecule has 1 amide bonds. The molecule has 0 aromatic rings. The van der Waals surface area contributed by atoms with Crippen LogP contribution in [0.3, 0.4) is 0 Å². The van der Waals surface area contributed by atoms with E-state index in [1.54, 1.807) is 5.01 Å². The summed E-state index contributed by atoms with van der Waals surface area (Å²) in [6.45, 7) is 1.96. The first kappa shape index (κ1) is 9.43. The molecule has 72 valence electrons. The van der Waals surface area contributed by atoms with Gasteiger partial charge in [0.15, 0.2) is 4.32 Å². The van der Waals surface area contributed by atoms with E-state index in [1.165, 1.54) is 31.0 Å². The maximum atomic E-state index is 11.5. The molecular formula is C8H12N2OS2. The molecule has 13 heavy (non-hydrogen) atoms. The molecule has 5 heteroatoms. The third-order valence-electron chi connectivity index (χ3n) is 2.34. The average Bonchev–Trinajstić information content (AvgIpc) is 2.48. The molecule has 0 radical (unpaired) electrons. The maximum absolute atomic E-state index is 11.5. The van der Waals surface area contributed by atoms with Crippen molar-refractivity contribution in [1.82, 2.24) is 10.0 Å². The number of carbonyl (C=O) groups excluding carboxylic acids is 1. The Morgan fingerprint density at radius 1 is 1.23 bits per heavy atom. The summed E-state index contributed by atoms with van der Waals surface area (Å²) in [5.74, 6) is 0.673. The zero-order chi connectivity index (χ0) is 9.26. The van der Waals surface area contributed by atoms with E-state index in [0.717, 1.165) is 17.4 Å². The number of nitrogens with zero attached hydrogens (tertiary/aromatic N) is 2. The Morgan fingerprint density at radius 3 is 2.46 bits per heavy atom. The number of amides is 1. The van der Waals surface area contributed by atoms with Gasteiger partial charge in [-0.1, -0.05) is 30.4 Å². The summed E-state index contributed by atoms with van der Waals surface area (Å²) >= 11 is 6.60. The zero-order valence-corrected chi connectivity index (χ0v) is 8.99. The second-order valence-corrected chi connectivity index (χ2v) is 4.88. The topological polar surface area (TPSA) is 23.6 Å². The van der Waals surface area contributed by atoms with E-state index in [4.69, 9.17) is 12.2 Å². The normalized spacial score (nSPS) is 25.7. The summed E-state index contributed by atoms with van der Waals surface area (Å²) in [5.41, 5.74) is 0. The van der Waals surface area contributed by atoms with Crippen molar-refractivity contribution in [3.63, 3.8) is 0 Å². The van der Waals surface area contributed by atoms with Crippen LogP contribution in [0.15, 0.2) is 0 Å². The van der Waals surface area contributed by atoms with Crippen LogP contribution in [-0.2, 0) is 4.79 Å². The van der Waals surface area contributed by atoms with E-state index < -0.39 is 0 Å². The quantitative estimate of drug-likeness (QED) is 0.615. The molecule has 0 aliphatic carbocycles. The van der Waals surface area contributed by atoms with Crippen molar-refractivity contribution >= 4 is 34.2 Å². The standard InChI is InChI=1S/C8H12N2OS2/c11-7-6-13-8(12)10(7)9-4-2-1-3-5-9/h1-6H2. The predicted octanol–water partition coefficient (Wildman–Crippen LogP) is 1.25. The second kappa shape index (κ2) is 3.94. The van der Waals surface area contributed by atoms with Crippen LogP contribution in [-0.4, -0.2) is 39.1 Å². The molecule has 2 saturated heterocycles. The SMILES string of the molecule is O=C1CSC(=S)N1N1CCCCC1. The number of thiocarbonyl (C=S) groups is 1. The average molecular weight is 216 g/mol. The Labute approximate surface area is 87.4 Å². The molecule has 0 N–H and O–H groups in total. The molecule has 0 atom stereocenters. The number of hydrogen-bond acceptors (Lipinski definition) is 4. The van der Waals surface area contributed by atoms with Gasteiger partial charge in [-0.25, -0.2) is 10.0 Å². The lowest BCUT2D eigenvalue weighted by Gasteiger charge is -2.33. The highest BCUT2D eigenvalue weighted by molar-refractivity contribution is 8.23. The molecule has 2 aliphatic rings. The lowest BCUT2D eigenvalue weighted by molar-refractivity contribution is -0.136. The van der Waals surface area contributed by atoms with E-state index in [-0.39, 0.29) is 5.91 Å². The third-order valence-corrected chi connectivity index (χ3v) is 3.68. The number of hydrogen-bond donors (Lipinski definition) is 0. The number of thioether (sulfide) groups is 1. The van der Waals surface area contributed by atoms with Crippen LogP contribution in [0.2, 0.25) is 0 Å². The van der Waals surface area contributed by atoms with Gasteiger partial charge in [0.25, 0.3) is 5.91 Å². The second-order valence-electron chi connectivity index (χ2n) is 3.27. The summed E-state index contributed by atoms with van der Waals surface area (Å²) in [7, 11) is 0. The minimum absolute atomic E-state index is 0.150. The van der Waals surface area contributed by atoms with Crippen molar-refractivity contribution in [2.45, 2.75) is 19.3 Å². The molecule has 2 rings (SSSR count). The highest BCUT2D eigenvalue weighted by Crippen LogP contribution is 2.23. The molecule has 2 heterocycles. The first-order chi connectivity index (χ1) is 6.29. The van der Waals surface area contributed by atoms with Gasteiger partial charge in [0.1, 0.15) is 0 Å². The predicted molar refractivity (Wildman–Crippen MR) is 57.3 cm³/mol. The van der Waals surface area contributed by atoms with Gasteiger partial charge >= 0.3 is 0 Å². The van der Waals surface area contributed by atoms with Gasteiger partial charge < -0.3 is 0 Å². The molecule has 0 aromatic carbocycles. The minimum Gasteiger partial charge on any atom is -0.272 e. The fourth-order valence-corrected chi connectivity index (χ4v) is 2.80. The van der Waals surface area contributed by atoms with E-state index in [9.17, 15) is 4.79 Å². The van der Waals surface area contributed by atoms with Gasteiger partial charge in [-0.3, -0.25) is 4.79 Å². The Bertz CT molecular complexity index is 222. The number of hydrazine groups is 1. The highest BCUT2D eigenvalue weighted by atomic mass is 32.2. The lowest BCUT2D eigenvalue weighted by Crippen LogP contribution is -2.47. The first-order valence-electron chi connectivity index (χ1n) is 4.53. The van der Waals surface area contributed by atoms with E-state index in [0.29, 0.717) is 5.75 Å². The van der Waals surface area contributed by atoms with Gasteiger partial charge in [-0.05, 0) is 12.8 Å². The van der Waals surface area contributed by atoms with E-state index in [2.05, 4.69) is 5.01 Å². The fraction of sp³-hybridized carbons (Fsp3) is 0.750. The smallest absolute Gasteiger partial charge is 0.253 e. The molecule has 0 spiro atoms. The molecule has 0 aromatic heterocycles. The molecule has 0 saturated carbocycles. The van der Waals surface area contributed by atoms with Crippen molar-refractivity contribution in [3.05, 3.63) is 0 Å². The third kappa shape index (κ3) is 1.87. The van der Waals surface area contributed by atoms with Gasteiger partial charge in [0.2, 0.25) is 0 Å². The molecule has 0 bridgehead atoms. The lowest BCUT2D eigenvalue weighted by atomic mass is 10.2. The van der Waals surface area contributed by atoms with Gasteiger partial charge in [0.05, 0.1) is 5.75 Å². The molecule has 2 aliphatic heterocycles. The van der Waals surface area contributed by atoms with Crippen molar-refractivity contribution in [3.8, 4) is 0 Å². The largest absolute Gasteiger partial charge is 0.272 e. The van der Waals surface area contributed by atoms with Crippen LogP contribution in [0.25, 0.3) is 0 Å². The van der Waals surface area contributed by atoms with Crippen LogP contribution in [0.4, 0.5) is 0 Å². The van der Waals surface area contributed by atoms with E-state index >= 15 is 0 Å². The van der Waals surface area contributed by atoms with Crippen molar-refractivity contribution in [2.75, 3.05) is 18.8 Å². The van der Waals surface area contributed by atoms with Crippen molar-refractivity contribution in [2.24, 2.45) is 0 Å². The Kier molecular flexibility index (Phi) is 2.86. The van der Waals surface area contributed by atoms with Crippen LogP contribution in [0, 0.1) is 0 Å². The Morgan fingerprint density at radius 2 is 1.92 bits per heavy atom. The summed E-state index contributed by atoms with van der Waals surface area (Å²) in [6, 6.07) is 0. The van der Waals surface area contributed by atoms with Crippen molar-refractivity contribution in [1.29, 1.82) is 0 Å². The van der Waals surface area contributed by atoms with E-state index in [1.807, 2.05) is 0 Å².